The fraction of sp³-hybridized carbons (Fsp3) is 0.368. The highest BCUT2D eigenvalue weighted by Crippen LogP contribution is 2.20. The molecule has 1 heterocycles. The summed E-state index contributed by atoms with van der Waals surface area (Å²) in [4.78, 5) is 23.4. The van der Waals surface area contributed by atoms with Gasteiger partial charge < -0.3 is 20.5 Å². The average Bonchev–Trinajstić information content (AvgIpc) is 2.93. The predicted octanol–water partition coefficient (Wildman–Crippen LogP) is 3.43. The second kappa shape index (κ2) is 8.37. The molecule has 1 unspecified atom stereocenters. The number of carbonyl (C=O) groups excluding carboxylic acids is 2. The van der Waals surface area contributed by atoms with Gasteiger partial charge in [-0.1, -0.05) is 6.07 Å². The lowest BCUT2D eigenvalue weighted by molar-refractivity contribution is -0.114. The summed E-state index contributed by atoms with van der Waals surface area (Å²) in [5.41, 5.74) is 3.52. The zero-order valence-corrected chi connectivity index (χ0v) is 15.2. The summed E-state index contributed by atoms with van der Waals surface area (Å²) in [6, 6.07) is 9.33. The van der Waals surface area contributed by atoms with Gasteiger partial charge in [-0.3, -0.25) is 4.79 Å². The Morgan fingerprint density at radius 2 is 1.96 bits per heavy atom. The van der Waals surface area contributed by atoms with Gasteiger partial charge in [-0.2, -0.15) is 0 Å². The Morgan fingerprint density at radius 3 is 2.60 bits per heavy atom. The first kappa shape index (κ1) is 18.6. The van der Waals surface area contributed by atoms with Gasteiger partial charge in [0.15, 0.2) is 0 Å². The van der Waals surface area contributed by atoms with E-state index in [-0.39, 0.29) is 18.0 Å². The lowest BCUT2D eigenvalue weighted by atomic mass is 10.1. The molecule has 6 nitrogen and oxygen atoms in total. The molecule has 1 aromatic heterocycles. The van der Waals surface area contributed by atoms with E-state index >= 15 is 0 Å². The van der Waals surface area contributed by atoms with Crippen molar-refractivity contribution >= 4 is 23.3 Å². The number of nitrogens with one attached hydrogen (secondary N) is 3. The first-order valence-corrected chi connectivity index (χ1v) is 8.41. The number of nitrogens with zero attached hydrogens (tertiary/aromatic N) is 1. The van der Waals surface area contributed by atoms with Gasteiger partial charge in [-0.25, -0.2) is 4.79 Å². The molecule has 1 aromatic carbocycles. The SMILES string of the molecule is CC(=O)Nc1cc(NC(=O)NC(C)CCc2cccn2C)ccc1C. The molecule has 0 aliphatic heterocycles. The Morgan fingerprint density at radius 1 is 1.20 bits per heavy atom. The Balaban J connectivity index is 1.87. The van der Waals surface area contributed by atoms with E-state index in [1.165, 1.54) is 12.6 Å². The van der Waals surface area contributed by atoms with Gasteiger partial charge in [0, 0.05) is 43.3 Å². The number of urea groups is 1. The molecule has 25 heavy (non-hydrogen) atoms. The van der Waals surface area contributed by atoms with Crippen molar-refractivity contribution < 1.29 is 9.59 Å². The van der Waals surface area contributed by atoms with Crippen molar-refractivity contribution in [1.82, 2.24) is 9.88 Å². The number of benzene rings is 1. The molecule has 0 fully saturated rings. The third kappa shape index (κ3) is 5.67. The van der Waals surface area contributed by atoms with Crippen molar-refractivity contribution in [2.75, 3.05) is 10.6 Å². The monoisotopic (exact) mass is 342 g/mol. The summed E-state index contributed by atoms with van der Waals surface area (Å²) in [6.45, 7) is 5.35. The van der Waals surface area contributed by atoms with Gasteiger partial charge in [0.2, 0.25) is 5.91 Å². The van der Waals surface area contributed by atoms with Gasteiger partial charge in [-0.15, -0.1) is 0 Å². The summed E-state index contributed by atoms with van der Waals surface area (Å²) in [6.07, 6.45) is 3.78. The van der Waals surface area contributed by atoms with Gasteiger partial charge in [-0.05, 0) is 56.5 Å². The highest BCUT2D eigenvalue weighted by Gasteiger charge is 2.10. The fourth-order valence-corrected chi connectivity index (χ4v) is 2.61. The van der Waals surface area contributed by atoms with Crippen LogP contribution in [0.5, 0.6) is 0 Å². The normalized spacial score (nSPS) is 11.7. The average molecular weight is 342 g/mol. The Hall–Kier alpha value is -2.76. The number of carbonyl (C=O) groups is 2. The number of amides is 3. The second-order valence-corrected chi connectivity index (χ2v) is 6.36. The smallest absolute Gasteiger partial charge is 0.319 e. The van der Waals surface area contributed by atoms with Gasteiger partial charge in [0.05, 0.1) is 0 Å². The van der Waals surface area contributed by atoms with Crippen LogP contribution < -0.4 is 16.0 Å². The minimum Gasteiger partial charge on any atom is -0.354 e. The molecular weight excluding hydrogens is 316 g/mol. The lowest BCUT2D eigenvalue weighted by Gasteiger charge is -2.16. The van der Waals surface area contributed by atoms with Crippen LogP contribution in [0.25, 0.3) is 0 Å². The van der Waals surface area contributed by atoms with Crippen LogP contribution in [0.4, 0.5) is 16.2 Å². The van der Waals surface area contributed by atoms with E-state index < -0.39 is 0 Å². The van der Waals surface area contributed by atoms with Gasteiger partial charge >= 0.3 is 6.03 Å². The van der Waals surface area contributed by atoms with Crippen LogP contribution >= 0.6 is 0 Å². The summed E-state index contributed by atoms with van der Waals surface area (Å²) in [7, 11) is 2.02. The zero-order valence-electron chi connectivity index (χ0n) is 15.2. The quantitative estimate of drug-likeness (QED) is 0.752. The number of aromatic nitrogens is 1. The lowest BCUT2D eigenvalue weighted by Crippen LogP contribution is -2.36. The molecule has 2 rings (SSSR count). The molecule has 0 saturated carbocycles. The van der Waals surface area contributed by atoms with Gasteiger partial charge in [0.1, 0.15) is 0 Å². The minimum absolute atomic E-state index is 0.0511. The molecule has 3 N–H and O–H groups in total. The van der Waals surface area contributed by atoms with Crippen molar-refractivity contribution in [1.29, 1.82) is 0 Å². The molecule has 0 aliphatic rings. The Kier molecular flexibility index (Phi) is 6.22. The minimum atomic E-state index is -0.253. The van der Waals surface area contributed by atoms with Crippen LogP contribution in [-0.4, -0.2) is 22.5 Å². The molecule has 6 heteroatoms. The topological polar surface area (TPSA) is 75.2 Å². The summed E-state index contributed by atoms with van der Waals surface area (Å²) in [5, 5.41) is 8.51. The van der Waals surface area contributed by atoms with E-state index in [4.69, 9.17) is 0 Å². The maximum absolute atomic E-state index is 12.2. The molecule has 0 spiro atoms. The zero-order chi connectivity index (χ0) is 18.4. The van der Waals surface area contributed by atoms with Crippen molar-refractivity contribution in [3.63, 3.8) is 0 Å². The molecule has 0 radical (unpaired) electrons. The molecule has 2 aromatic rings. The standard InChI is InChI=1S/C19H26N4O2/c1-13-7-9-16(12-18(13)21-15(3)24)22-19(25)20-14(2)8-10-17-6-5-11-23(17)4/h5-7,9,11-12,14H,8,10H2,1-4H3,(H,21,24)(H2,20,22,25). The second-order valence-electron chi connectivity index (χ2n) is 6.36. The van der Waals surface area contributed by atoms with Crippen molar-refractivity contribution in [2.24, 2.45) is 7.05 Å². The van der Waals surface area contributed by atoms with Crippen LogP contribution in [0.1, 0.15) is 31.5 Å². The van der Waals surface area contributed by atoms with Crippen molar-refractivity contribution in [3.05, 3.63) is 47.8 Å². The van der Waals surface area contributed by atoms with Crippen LogP contribution in [0.3, 0.4) is 0 Å². The highest BCUT2D eigenvalue weighted by molar-refractivity contribution is 5.93. The predicted molar refractivity (Wildman–Crippen MR) is 101 cm³/mol. The number of anilines is 2. The maximum atomic E-state index is 12.2. The van der Waals surface area contributed by atoms with E-state index in [2.05, 4.69) is 26.6 Å². The van der Waals surface area contributed by atoms with Crippen LogP contribution in [-0.2, 0) is 18.3 Å². The first-order valence-electron chi connectivity index (χ1n) is 8.41. The first-order chi connectivity index (χ1) is 11.8. The maximum Gasteiger partial charge on any atom is 0.319 e. The molecule has 0 aliphatic carbocycles. The molecule has 0 saturated heterocycles. The van der Waals surface area contributed by atoms with E-state index in [1.54, 1.807) is 6.07 Å². The summed E-state index contributed by atoms with van der Waals surface area (Å²) < 4.78 is 2.09. The summed E-state index contributed by atoms with van der Waals surface area (Å²) in [5.74, 6) is -0.140. The largest absolute Gasteiger partial charge is 0.354 e. The van der Waals surface area contributed by atoms with E-state index in [0.717, 1.165) is 18.4 Å². The number of aryl methyl sites for hydroxylation is 3. The number of hydrogen-bond donors (Lipinski definition) is 3. The molecule has 3 amide bonds. The Labute approximate surface area is 148 Å². The summed E-state index contributed by atoms with van der Waals surface area (Å²) >= 11 is 0. The van der Waals surface area contributed by atoms with E-state index in [1.807, 2.05) is 45.3 Å². The number of rotatable bonds is 6. The van der Waals surface area contributed by atoms with Crippen LogP contribution in [0.15, 0.2) is 36.5 Å². The van der Waals surface area contributed by atoms with Gasteiger partial charge in [0.25, 0.3) is 0 Å². The molecule has 1 atom stereocenters. The van der Waals surface area contributed by atoms with Crippen LogP contribution in [0, 0.1) is 6.92 Å². The number of hydrogen-bond acceptors (Lipinski definition) is 2. The third-order valence-corrected chi connectivity index (χ3v) is 4.07. The molecular formula is C19H26N4O2. The van der Waals surface area contributed by atoms with E-state index in [0.29, 0.717) is 11.4 Å². The highest BCUT2D eigenvalue weighted by atomic mass is 16.2. The fourth-order valence-electron chi connectivity index (χ4n) is 2.61. The van der Waals surface area contributed by atoms with Crippen molar-refractivity contribution in [2.45, 2.75) is 39.7 Å². The van der Waals surface area contributed by atoms with E-state index in [9.17, 15) is 9.59 Å². The van der Waals surface area contributed by atoms with Crippen LogP contribution in [0.2, 0.25) is 0 Å². The Bertz CT molecular complexity index is 752. The van der Waals surface area contributed by atoms with Crippen molar-refractivity contribution in [3.8, 4) is 0 Å². The third-order valence-electron chi connectivity index (χ3n) is 4.07. The molecule has 0 bridgehead atoms. The molecule has 134 valence electrons.